The second-order valence-corrected chi connectivity index (χ2v) is 4.92. The Bertz CT molecular complexity index is 388. The van der Waals surface area contributed by atoms with E-state index in [1.54, 1.807) is 0 Å². The lowest BCUT2D eigenvalue weighted by atomic mass is 9.98. The second-order valence-electron chi connectivity index (χ2n) is 4.92. The van der Waals surface area contributed by atoms with E-state index in [4.69, 9.17) is 10.5 Å². The first-order valence-electron chi connectivity index (χ1n) is 6.92. The van der Waals surface area contributed by atoms with Gasteiger partial charge in [0.1, 0.15) is 0 Å². The van der Waals surface area contributed by atoms with Gasteiger partial charge in [0.05, 0.1) is 0 Å². The quantitative estimate of drug-likeness (QED) is 0.872. The third-order valence-electron chi connectivity index (χ3n) is 3.50. The van der Waals surface area contributed by atoms with Crippen molar-refractivity contribution in [2.24, 2.45) is 11.7 Å². The Morgan fingerprint density at radius 3 is 2.58 bits per heavy atom. The highest BCUT2D eigenvalue weighted by Gasteiger charge is 2.25. The summed E-state index contributed by atoms with van der Waals surface area (Å²) in [6, 6.07) is 10.1. The molecule has 0 unspecified atom stereocenters. The number of rotatable bonds is 5. The minimum atomic E-state index is 0.101. The molecule has 0 saturated carbocycles. The summed E-state index contributed by atoms with van der Waals surface area (Å²) < 4.78 is 5.31. The Balaban J connectivity index is 2.00. The number of ether oxygens (including phenoxy) is 1. The first-order chi connectivity index (χ1) is 9.31. The highest BCUT2D eigenvalue weighted by Crippen LogP contribution is 2.18. The molecule has 1 saturated heterocycles. The summed E-state index contributed by atoms with van der Waals surface area (Å²) in [4.78, 5) is 14.4. The number of carbonyl (C=O) groups excluding carboxylic acids is 1. The molecule has 1 heterocycles. The van der Waals surface area contributed by atoms with Crippen LogP contribution in [0.2, 0.25) is 0 Å². The normalized spacial score (nSPS) is 16.3. The average molecular weight is 262 g/mol. The second kappa shape index (κ2) is 7.26. The maximum Gasteiger partial charge on any atom is 0.226 e. The van der Waals surface area contributed by atoms with Crippen LogP contribution in [0.15, 0.2) is 30.3 Å². The molecule has 0 aromatic heterocycles. The van der Waals surface area contributed by atoms with Crippen molar-refractivity contribution < 1.29 is 9.53 Å². The van der Waals surface area contributed by atoms with Crippen molar-refractivity contribution in [2.75, 3.05) is 26.3 Å². The fraction of sp³-hybridized carbons (Fsp3) is 0.533. The Morgan fingerprint density at radius 1 is 1.26 bits per heavy atom. The van der Waals surface area contributed by atoms with Gasteiger partial charge < -0.3 is 15.4 Å². The van der Waals surface area contributed by atoms with Crippen molar-refractivity contribution >= 4 is 5.91 Å². The van der Waals surface area contributed by atoms with E-state index in [1.807, 2.05) is 35.2 Å². The summed E-state index contributed by atoms with van der Waals surface area (Å²) in [6.07, 6.45) is 1.66. The van der Waals surface area contributed by atoms with E-state index in [0.29, 0.717) is 32.8 Å². The zero-order valence-electron chi connectivity index (χ0n) is 11.3. The van der Waals surface area contributed by atoms with E-state index in [2.05, 4.69) is 0 Å². The monoisotopic (exact) mass is 262 g/mol. The molecule has 4 heteroatoms. The zero-order valence-corrected chi connectivity index (χ0v) is 11.3. The van der Waals surface area contributed by atoms with Crippen LogP contribution in [0.5, 0.6) is 0 Å². The van der Waals surface area contributed by atoms with E-state index in [0.717, 1.165) is 18.4 Å². The molecule has 0 atom stereocenters. The molecule has 1 aliphatic heterocycles. The van der Waals surface area contributed by atoms with E-state index in [9.17, 15) is 4.79 Å². The Morgan fingerprint density at radius 2 is 1.95 bits per heavy atom. The third kappa shape index (κ3) is 4.04. The lowest BCUT2D eigenvalue weighted by Gasteiger charge is -2.29. The number of nitrogens with two attached hydrogens (primary N) is 1. The largest absolute Gasteiger partial charge is 0.381 e. The fourth-order valence-electron chi connectivity index (χ4n) is 2.43. The molecular formula is C15H22N2O2. The molecule has 1 aromatic carbocycles. The molecule has 1 fully saturated rings. The van der Waals surface area contributed by atoms with E-state index >= 15 is 0 Å². The van der Waals surface area contributed by atoms with Gasteiger partial charge in [0, 0.05) is 38.8 Å². The molecular weight excluding hydrogens is 240 g/mol. The Labute approximate surface area is 114 Å². The van der Waals surface area contributed by atoms with Gasteiger partial charge in [-0.05, 0) is 18.4 Å². The predicted molar refractivity (Wildman–Crippen MR) is 74.5 cm³/mol. The van der Waals surface area contributed by atoms with Gasteiger partial charge >= 0.3 is 0 Å². The summed E-state index contributed by atoms with van der Waals surface area (Å²) >= 11 is 0. The summed E-state index contributed by atoms with van der Waals surface area (Å²) in [6.45, 7) is 3.15. The van der Waals surface area contributed by atoms with Crippen LogP contribution in [-0.2, 0) is 16.1 Å². The van der Waals surface area contributed by atoms with Gasteiger partial charge in [-0.3, -0.25) is 4.79 Å². The van der Waals surface area contributed by atoms with Crippen LogP contribution in [0.25, 0.3) is 0 Å². The van der Waals surface area contributed by atoms with Gasteiger partial charge in [-0.2, -0.15) is 0 Å². The number of benzene rings is 1. The van der Waals surface area contributed by atoms with Crippen LogP contribution in [0.3, 0.4) is 0 Å². The molecule has 2 N–H and O–H groups in total. The van der Waals surface area contributed by atoms with E-state index in [-0.39, 0.29) is 11.8 Å². The molecule has 104 valence electrons. The zero-order chi connectivity index (χ0) is 13.5. The number of hydrogen-bond donors (Lipinski definition) is 1. The van der Waals surface area contributed by atoms with Crippen molar-refractivity contribution in [3.8, 4) is 0 Å². The van der Waals surface area contributed by atoms with Gasteiger partial charge in [-0.1, -0.05) is 30.3 Å². The molecule has 1 aliphatic rings. The maximum atomic E-state index is 12.5. The van der Waals surface area contributed by atoms with Gasteiger partial charge in [0.2, 0.25) is 5.91 Å². The van der Waals surface area contributed by atoms with Crippen molar-refractivity contribution in [2.45, 2.75) is 19.4 Å². The number of amides is 1. The van der Waals surface area contributed by atoms with Gasteiger partial charge in [0.15, 0.2) is 0 Å². The highest BCUT2D eigenvalue weighted by atomic mass is 16.5. The SMILES string of the molecule is NCCN(Cc1ccccc1)C(=O)C1CCOCC1. The third-order valence-corrected chi connectivity index (χ3v) is 3.50. The molecule has 1 aromatic rings. The smallest absolute Gasteiger partial charge is 0.226 e. The van der Waals surface area contributed by atoms with Crippen LogP contribution >= 0.6 is 0 Å². The van der Waals surface area contributed by atoms with Crippen LogP contribution in [-0.4, -0.2) is 37.1 Å². The lowest BCUT2D eigenvalue weighted by Crippen LogP contribution is -2.40. The highest BCUT2D eigenvalue weighted by molar-refractivity contribution is 5.79. The standard InChI is InChI=1S/C15H22N2O2/c16-8-9-17(12-13-4-2-1-3-5-13)15(18)14-6-10-19-11-7-14/h1-5,14H,6-12,16H2. The summed E-state index contributed by atoms with van der Waals surface area (Å²) in [5.74, 6) is 0.321. The van der Waals surface area contributed by atoms with Gasteiger partial charge in [0.25, 0.3) is 0 Å². The fourth-order valence-corrected chi connectivity index (χ4v) is 2.43. The van der Waals surface area contributed by atoms with Crippen molar-refractivity contribution in [3.63, 3.8) is 0 Å². The van der Waals surface area contributed by atoms with Crippen LogP contribution < -0.4 is 5.73 Å². The molecule has 0 bridgehead atoms. The van der Waals surface area contributed by atoms with Crippen molar-refractivity contribution in [1.82, 2.24) is 4.90 Å². The Kier molecular flexibility index (Phi) is 5.36. The topological polar surface area (TPSA) is 55.6 Å². The molecule has 1 amide bonds. The minimum absolute atomic E-state index is 0.101. The van der Waals surface area contributed by atoms with Crippen LogP contribution in [0, 0.1) is 5.92 Å². The summed E-state index contributed by atoms with van der Waals surface area (Å²) in [5, 5.41) is 0. The first kappa shape index (κ1) is 14.0. The summed E-state index contributed by atoms with van der Waals surface area (Å²) in [7, 11) is 0. The van der Waals surface area contributed by atoms with E-state index in [1.165, 1.54) is 0 Å². The average Bonchev–Trinajstić information content (AvgIpc) is 2.48. The maximum absolute atomic E-state index is 12.5. The summed E-state index contributed by atoms with van der Waals surface area (Å²) in [5.41, 5.74) is 6.78. The molecule has 4 nitrogen and oxygen atoms in total. The molecule has 19 heavy (non-hydrogen) atoms. The number of carbonyl (C=O) groups is 1. The molecule has 2 rings (SSSR count). The molecule has 0 spiro atoms. The van der Waals surface area contributed by atoms with E-state index < -0.39 is 0 Å². The minimum Gasteiger partial charge on any atom is -0.381 e. The first-order valence-corrected chi connectivity index (χ1v) is 6.92. The van der Waals surface area contributed by atoms with Crippen molar-refractivity contribution in [1.29, 1.82) is 0 Å². The Hall–Kier alpha value is -1.39. The predicted octanol–water partition coefficient (Wildman–Crippen LogP) is 1.40. The molecule has 0 radical (unpaired) electrons. The van der Waals surface area contributed by atoms with Gasteiger partial charge in [-0.15, -0.1) is 0 Å². The number of nitrogens with zero attached hydrogens (tertiary/aromatic N) is 1. The lowest BCUT2D eigenvalue weighted by molar-refractivity contribution is -0.139. The van der Waals surface area contributed by atoms with Crippen molar-refractivity contribution in [3.05, 3.63) is 35.9 Å². The molecule has 0 aliphatic carbocycles. The number of hydrogen-bond acceptors (Lipinski definition) is 3. The van der Waals surface area contributed by atoms with Crippen LogP contribution in [0.4, 0.5) is 0 Å². The van der Waals surface area contributed by atoms with Gasteiger partial charge in [-0.25, -0.2) is 0 Å². The van der Waals surface area contributed by atoms with Crippen LogP contribution in [0.1, 0.15) is 18.4 Å².